The number of hydrogen-bond donors (Lipinski definition) is 0. The van der Waals surface area contributed by atoms with Crippen LogP contribution in [0.3, 0.4) is 0 Å². The predicted molar refractivity (Wildman–Crippen MR) is 122 cm³/mol. The Balaban J connectivity index is 1.77. The van der Waals surface area contributed by atoms with E-state index in [1.807, 2.05) is 24.0 Å². The fourth-order valence-electron chi connectivity index (χ4n) is 3.78. The van der Waals surface area contributed by atoms with E-state index in [9.17, 15) is 14.0 Å². The molecule has 1 aromatic heterocycles. The summed E-state index contributed by atoms with van der Waals surface area (Å²) in [7, 11) is 0. The van der Waals surface area contributed by atoms with Crippen molar-refractivity contribution in [3.63, 3.8) is 0 Å². The highest BCUT2D eigenvalue weighted by molar-refractivity contribution is 6.47. The Morgan fingerprint density at radius 2 is 1.66 bits per heavy atom. The third kappa shape index (κ3) is 4.14. The van der Waals surface area contributed by atoms with Gasteiger partial charge in [0.25, 0.3) is 11.8 Å². The molecule has 162 valence electrons. The van der Waals surface area contributed by atoms with Gasteiger partial charge in [0.2, 0.25) is 0 Å². The van der Waals surface area contributed by atoms with Gasteiger partial charge >= 0.3 is 0 Å². The Bertz CT molecular complexity index is 1180. The molecule has 1 aliphatic heterocycles. The van der Waals surface area contributed by atoms with E-state index in [0.29, 0.717) is 35.8 Å². The van der Waals surface area contributed by atoms with Gasteiger partial charge in [0.1, 0.15) is 11.5 Å². The van der Waals surface area contributed by atoms with E-state index in [1.54, 1.807) is 36.7 Å². The zero-order chi connectivity index (χ0) is 22.7. The number of aromatic nitrogens is 1. The average molecular weight is 450 g/mol. The van der Waals surface area contributed by atoms with Crippen molar-refractivity contribution in [1.82, 2.24) is 9.88 Å². The van der Waals surface area contributed by atoms with E-state index < -0.39 is 17.6 Å². The summed E-state index contributed by atoms with van der Waals surface area (Å²) in [6.45, 7) is 2.97. The van der Waals surface area contributed by atoms with Crippen molar-refractivity contribution >= 4 is 34.7 Å². The first-order chi connectivity index (χ1) is 15.5. The average Bonchev–Trinajstić information content (AvgIpc) is 3.06. The second-order valence-corrected chi connectivity index (χ2v) is 7.72. The van der Waals surface area contributed by atoms with Gasteiger partial charge < -0.3 is 4.90 Å². The molecule has 0 N–H and O–H groups in total. The first-order valence-electron chi connectivity index (χ1n) is 10.3. The number of nitrogens with zero attached hydrogens (tertiary/aromatic N) is 3. The summed E-state index contributed by atoms with van der Waals surface area (Å²) < 4.78 is 13.6. The van der Waals surface area contributed by atoms with Crippen LogP contribution in [-0.2, 0) is 16.0 Å². The number of para-hydroxylation sites is 1. The van der Waals surface area contributed by atoms with Crippen molar-refractivity contribution in [2.24, 2.45) is 0 Å². The molecule has 4 rings (SSSR count). The van der Waals surface area contributed by atoms with Crippen LogP contribution < -0.4 is 4.90 Å². The molecule has 0 saturated heterocycles. The van der Waals surface area contributed by atoms with Crippen LogP contribution in [0, 0.1) is 5.82 Å². The Hall–Kier alpha value is -3.51. The van der Waals surface area contributed by atoms with Gasteiger partial charge in [-0.2, -0.15) is 0 Å². The van der Waals surface area contributed by atoms with E-state index in [4.69, 9.17) is 11.6 Å². The van der Waals surface area contributed by atoms with Crippen molar-refractivity contribution in [1.29, 1.82) is 0 Å². The van der Waals surface area contributed by atoms with Gasteiger partial charge in [-0.3, -0.25) is 14.6 Å². The Labute approximate surface area is 190 Å². The molecule has 3 aromatic rings. The molecule has 7 heteroatoms. The van der Waals surface area contributed by atoms with Crippen LogP contribution in [0.15, 0.2) is 78.8 Å². The summed E-state index contributed by atoms with van der Waals surface area (Å²) in [5, 5.41) is 0.300. The molecule has 0 saturated carbocycles. The number of hydrogen-bond acceptors (Lipinski definition) is 4. The topological polar surface area (TPSA) is 53.5 Å². The van der Waals surface area contributed by atoms with Gasteiger partial charge in [0.15, 0.2) is 0 Å². The quantitative estimate of drug-likeness (QED) is 0.490. The van der Waals surface area contributed by atoms with Gasteiger partial charge in [0, 0.05) is 25.5 Å². The number of imide groups is 1. The Morgan fingerprint density at radius 1 is 0.969 bits per heavy atom. The zero-order valence-corrected chi connectivity index (χ0v) is 18.2. The van der Waals surface area contributed by atoms with Gasteiger partial charge in [-0.25, -0.2) is 9.29 Å². The second kappa shape index (κ2) is 9.32. The molecule has 2 heterocycles. The molecule has 32 heavy (non-hydrogen) atoms. The number of carbonyl (C=O) groups excluding carboxylic acids is 2. The molecule has 2 amide bonds. The lowest BCUT2D eigenvalue weighted by atomic mass is 10.0. The van der Waals surface area contributed by atoms with Crippen LogP contribution in [-0.4, -0.2) is 34.8 Å². The van der Waals surface area contributed by atoms with Crippen molar-refractivity contribution in [2.45, 2.75) is 13.3 Å². The summed E-state index contributed by atoms with van der Waals surface area (Å²) in [6, 6.07) is 16.2. The van der Waals surface area contributed by atoms with Gasteiger partial charge in [-0.15, -0.1) is 0 Å². The van der Waals surface area contributed by atoms with Crippen molar-refractivity contribution in [2.75, 3.05) is 18.0 Å². The van der Waals surface area contributed by atoms with Crippen molar-refractivity contribution in [3.05, 3.63) is 101 Å². The molecule has 0 atom stereocenters. The maximum atomic E-state index is 13.6. The van der Waals surface area contributed by atoms with Crippen LogP contribution in [0.25, 0.3) is 5.57 Å². The second-order valence-electron chi connectivity index (χ2n) is 7.31. The minimum Gasteiger partial charge on any atom is -0.366 e. The fraction of sp³-hybridized carbons (Fsp3) is 0.160. The first-order valence-corrected chi connectivity index (χ1v) is 10.7. The highest BCUT2D eigenvalue weighted by atomic mass is 35.5. The standard InChI is InChI=1S/C25H21ClFN3O2/c1-2-29(16-13-17-11-14-28-15-12-17)23-22(18-7-9-19(27)10-8-18)24(31)30(25(23)32)21-6-4-3-5-20(21)26/h3-12,14-15H,2,13,16H2,1H3. The highest BCUT2D eigenvalue weighted by Crippen LogP contribution is 2.37. The molecule has 0 unspecified atom stereocenters. The summed E-state index contributed by atoms with van der Waals surface area (Å²) in [6.07, 6.45) is 4.11. The summed E-state index contributed by atoms with van der Waals surface area (Å²) in [5.74, 6) is -1.34. The zero-order valence-electron chi connectivity index (χ0n) is 17.5. The molecule has 2 aromatic carbocycles. The highest BCUT2D eigenvalue weighted by Gasteiger charge is 2.42. The number of likely N-dealkylation sites (N-methyl/N-ethyl adjacent to an activating group) is 1. The van der Waals surface area contributed by atoms with E-state index in [2.05, 4.69) is 4.98 Å². The lowest BCUT2D eigenvalue weighted by molar-refractivity contribution is -0.120. The Kier molecular flexibility index (Phi) is 6.32. The largest absolute Gasteiger partial charge is 0.366 e. The summed E-state index contributed by atoms with van der Waals surface area (Å²) in [4.78, 5) is 34.1. The SMILES string of the molecule is CCN(CCc1ccncc1)C1=C(c2ccc(F)cc2)C(=O)N(c2ccccc2Cl)C1=O. The molecule has 0 fully saturated rings. The molecular weight excluding hydrogens is 429 g/mol. The first kappa shape index (κ1) is 21.7. The third-order valence-electron chi connectivity index (χ3n) is 5.40. The van der Waals surface area contributed by atoms with Crippen molar-refractivity contribution < 1.29 is 14.0 Å². The van der Waals surface area contributed by atoms with Gasteiger partial charge in [0.05, 0.1) is 16.3 Å². The lowest BCUT2D eigenvalue weighted by Gasteiger charge is -2.25. The number of benzene rings is 2. The lowest BCUT2D eigenvalue weighted by Crippen LogP contribution is -2.36. The number of amides is 2. The molecule has 1 aliphatic rings. The number of halogens is 2. The molecule has 0 radical (unpaired) electrons. The van der Waals surface area contributed by atoms with E-state index >= 15 is 0 Å². The minimum atomic E-state index is -0.480. The van der Waals surface area contributed by atoms with Crippen LogP contribution in [0.2, 0.25) is 5.02 Å². The molecule has 0 bridgehead atoms. The number of anilines is 1. The number of carbonyl (C=O) groups is 2. The third-order valence-corrected chi connectivity index (χ3v) is 5.72. The van der Waals surface area contributed by atoms with Gasteiger partial charge in [-0.1, -0.05) is 35.9 Å². The number of rotatable bonds is 7. The van der Waals surface area contributed by atoms with Crippen LogP contribution >= 0.6 is 11.6 Å². The Morgan fingerprint density at radius 3 is 2.31 bits per heavy atom. The fourth-order valence-corrected chi connectivity index (χ4v) is 4.00. The summed E-state index contributed by atoms with van der Waals surface area (Å²) in [5.41, 5.74) is 2.41. The summed E-state index contributed by atoms with van der Waals surface area (Å²) >= 11 is 6.32. The molecular formula is C25H21ClFN3O2. The van der Waals surface area contributed by atoms with Crippen LogP contribution in [0.5, 0.6) is 0 Å². The van der Waals surface area contributed by atoms with Crippen LogP contribution in [0.4, 0.5) is 10.1 Å². The number of pyridine rings is 1. The maximum Gasteiger partial charge on any atom is 0.282 e. The maximum absolute atomic E-state index is 13.6. The normalized spacial score (nSPS) is 13.8. The van der Waals surface area contributed by atoms with E-state index in [1.165, 1.54) is 24.3 Å². The smallest absolute Gasteiger partial charge is 0.282 e. The molecule has 0 aliphatic carbocycles. The predicted octanol–water partition coefficient (Wildman–Crippen LogP) is 4.72. The van der Waals surface area contributed by atoms with E-state index in [0.717, 1.165) is 10.5 Å². The molecule has 5 nitrogen and oxygen atoms in total. The van der Waals surface area contributed by atoms with Crippen LogP contribution in [0.1, 0.15) is 18.1 Å². The monoisotopic (exact) mass is 449 g/mol. The molecule has 0 spiro atoms. The van der Waals surface area contributed by atoms with Gasteiger partial charge in [-0.05, 0) is 60.9 Å². The van der Waals surface area contributed by atoms with Crippen molar-refractivity contribution in [3.8, 4) is 0 Å². The van der Waals surface area contributed by atoms with E-state index in [-0.39, 0.29) is 11.3 Å². The minimum absolute atomic E-state index is 0.242.